The summed E-state index contributed by atoms with van der Waals surface area (Å²) in [4.78, 5) is 57.3. The number of hydrogen-bond acceptors (Lipinski definition) is 8. The molecule has 3 heterocycles. The average Bonchev–Trinajstić information content (AvgIpc) is 3.42. The molecular weight excluding hydrogens is 504 g/mol. The molecule has 0 aromatic carbocycles. The Bertz CT molecular complexity index is 989. The van der Waals surface area contributed by atoms with Gasteiger partial charge in [-0.15, -0.1) is 0 Å². The molecule has 3 saturated heterocycles. The zero-order valence-corrected chi connectivity index (χ0v) is 20.8. The first kappa shape index (κ1) is 27.2. The van der Waals surface area contributed by atoms with E-state index in [1.54, 1.807) is 18.7 Å². The molecular formula is C20H30N4O9S2. The first-order chi connectivity index (χ1) is 16.4. The van der Waals surface area contributed by atoms with E-state index in [9.17, 15) is 42.0 Å². The van der Waals surface area contributed by atoms with Crippen LogP contribution in [0.5, 0.6) is 0 Å². The van der Waals surface area contributed by atoms with E-state index >= 15 is 0 Å². The van der Waals surface area contributed by atoms with E-state index in [1.807, 2.05) is 0 Å². The van der Waals surface area contributed by atoms with Crippen molar-refractivity contribution in [2.24, 2.45) is 0 Å². The second-order valence-electron chi connectivity index (χ2n) is 8.93. The quantitative estimate of drug-likeness (QED) is 0.0968. The number of nitrogens with zero attached hydrogens (tertiary/aromatic N) is 1. The number of rotatable bonds is 12. The third-order valence-electron chi connectivity index (χ3n) is 6.64. The minimum atomic E-state index is -5.46. The summed E-state index contributed by atoms with van der Waals surface area (Å²) in [6, 6.07) is -1.04. The van der Waals surface area contributed by atoms with E-state index in [4.69, 9.17) is 0 Å². The number of thioether (sulfide) groups is 1. The highest BCUT2D eigenvalue weighted by molar-refractivity contribution is 8.00. The maximum absolute atomic E-state index is 12.5. The van der Waals surface area contributed by atoms with Crippen molar-refractivity contribution in [3.05, 3.63) is 0 Å². The fourth-order valence-corrected chi connectivity index (χ4v) is 7.40. The molecule has 2 unspecified atom stereocenters. The highest BCUT2D eigenvalue weighted by Crippen LogP contribution is 2.35. The van der Waals surface area contributed by atoms with E-state index in [1.165, 1.54) is 0 Å². The SMILES string of the molecule is CCC(CC(C(=O)O)(N1C(=O)CCC1=O)S(=O)(=O)O)NC(=O)CCCC[C@@H]1SC[C@@H]2NC(=O)N[C@@H]21. The highest BCUT2D eigenvalue weighted by atomic mass is 32.2. The van der Waals surface area contributed by atoms with Crippen LogP contribution in [0.25, 0.3) is 0 Å². The molecule has 15 heteroatoms. The van der Waals surface area contributed by atoms with Crippen LogP contribution < -0.4 is 16.0 Å². The van der Waals surface area contributed by atoms with E-state index < -0.39 is 51.1 Å². The van der Waals surface area contributed by atoms with Crippen LogP contribution >= 0.6 is 11.8 Å². The standard InChI is InChI=1S/C20H30N4O9S2/c1-2-11(9-20(18(28)29,35(31,32)33)24-15(26)7-8-16(24)27)21-14(25)6-4-3-5-13-17-12(10-34-13)22-19(30)23-17/h11-13,17H,2-10H2,1H3,(H,21,25)(H,28,29)(H2,22,23,30)(H,31,32,33)/t11?,12-,13-,17-,20?/m0/s1. The number of fused-ring (bicyclic) bond motifs is 1. The topological polar surface area (TPSA) is 199 Å². The second kappa shape index (κ2) is 10.7. The van der Waals surface area contributed by atoms with Gasteiger partial charge in [0.05, 0.1) is 12.1 Å². The number of unbranched alkanes of at least 4 members (excludes halogenated alkanes) is 1. The molecule has 3 aliphatic rings. The lowest BCUT2D eigenvalue weighted by molar-refractivity contribution is -0.158. The van der Waals surface area contributed by atoms with E-state index in [0.717, 1.165) is 12.2 Å². The Morgan fingerprint density at radius 3 is 2.43 bits per heavy atom. The van der Waals surface area contributed by atoms with Gasteiger partial charge in [-0.25, -0.2) is 14.5 Å². The van der Waals surface area contributed by atoms with Gasteiger partial charge < -0.3 is 21.1 Å². The van der Waals surface area contributed by atoms with Gasteiger partial charge in [0, 0.05) is 42.7 Å². The summed E-state index contributed by atoms with van der Waals surface area (Å²) in [5.74, 6) is -3.72. The smallest absolute Gasteiger partial charge is 0.348 e. The normalized spacial score (nSPS) is 26.6. The van der Waals surface area contributed by atoms with Gasteiger partial charge in [0.15, 0.2) is 0 Å². The lowest BCUT2D eigenvalue weighted by Gasteiger charge is -2.36. The molecule has 13 nitrogen and oxygen atoms in total. The average molecular weight is 535 g/mol. The molecule has 5 atom stereocenters. The van der Waals surface area contributed by atoms with Gasteiger partial charge in [-0.3, -0.25) is 18.9 Å². The van der Waals surface area contributed by atoms with Crippen molar-refractivity contribution in [3.63, 3.8) is 0 Å². The molecule has 3 rings (SSSR count). The number of carboxylic acids is 1. The number of carboxylic acid groups (broad SMARTS) is 1. The number of urea groups is 1. The number of carbonyl (C=O) groups is 5. The Morgan fingerprint density at radius 2 is 1.86 bits per heavy atom. The Balaban J connectivity index is 1.58. The number of aliphatic carboxylic acids is 1. The van der Waals surface area contributed by atoms with E-state index in [2.05, 4.69) is 16.0 Å². The summed E-state index contributed by atoms with van der Waals surface area (Å²) < 4.78 is 34.3. The largest absolute Gasteiger partial charge is 0.479 e. The van der Waals surface area contributed by atoms with E-state index in [0.29, 0.717) is 12.8 Å². The lowest BCUT2D eigenvalue weighted by Crippen LogP contribution is -2.64. The molecule has 3 fully saturated rings. The molecule has 196 valence electrons. The minimum absolute atomic E-state index is 0.0615. The van der Waals surface area contributed by atoms with Crippen molar-refractivity contribution >= 4 is 51.6 Å². The van der Waals surface area contributed by atoms with Crippen LogP contribution in [0.1, 0.15) is 58.3 Å². The molecule has 3 aliphatic heterocycles. The summed E-state index contributed by atoms with van der Waals surface area (Å²) >= 11 is 1.76. The fraction of sp³-hybridized carbons (Fsp3) is 0.750. The minimum Gasteiger partial charge on any atom is -0.479 e. The van der Waals surface area contributed by atoms with Gasteiger partial charge in [-0.2, -0.15) is 20.2 Å². The van der Waals surface area contributed by atoms with Gasteiger partial charge >= 0.3 is 22.1 Å². The first-order valence-electron chi connectivity index (χ1n) is 11.4. The fourth-order valence-electron chi connectivity index (χ4n) is 4.79. The van der Waals surface area contributed by atoms with Gasteiger partial charge in [-0.1, -0.05) is 13.3 Å². The van der Waals surface area contributed by atoms with Crippen molar-refractivity contribution in [2.45, 2.75) is 86.5 Å². The third kappa shape index (κ3) is 5.56. The van der Waals surface area contributed by atoms with Crippen LogP contribution in [-0.4, -0.2) is 86.7 Å². The van der Waals surface area contributed by atoms with Gasteiger partial charge in [-0.05, 0) is 19.3 Å². The molecule has 35 heavy (non-hydrogen) atoms. The number of imide groups is 1. The van der Waals surface area contributed by atoms with Crippen LogP contribution in [-0.2, 0) is 29.3 Å². The number of likely N-dealkylation sites (tertiary alicyclic amines) is 1. The summed E-state index contributed by atoms with van der Waals surface area (Å²) in [7, 11) is -5.46. The third-order valence-corrected chi connectivity index (χ3v) is 9.52. The van der Waals surface area contributed by atoms with Crippen molar-refractivity contribution in [1.82, 2.24) is 20.9 Å². The van der Waals surface area contributed by atoms with Crippen molar-refractivity contribution in [1.29, 1.82) is 0 Å². The predicted molar refractivity (Wildman–Crippen MR) is 124 cm³/mol. The molecule has 0 spiro atoms. The summed E-state index contributed by atoms with van der Waals surface area (Å²) in [5.41, 5.74) is 0. The molecule has 5 N–H and O–H groups in total. The first-order valence-corrected chi connectivity index (χ1v) is 13.9. The zero-order chi connectivity index (χ0) is 26.0. The van der Waals surface area contributed by atoms with E-state index in [-0.39, 0.29) is 53.9 Å². The van der Waals surface area contributed by atoms with Crippen LogP contribution in [0, 0.1) is 0 Å². The number of hydrogen-bond donors (Lipinski definition) is 5. The van der Waals surface area contributed by atoms with Gasteiger partial charge in [0.1, 0.15) is 0 Å². The molecule has 0 radical (unpaired) electrons. The molecule has 0 aliphatic carbocycles. The predicted octanol–water partition coefficient (Wildman–Crippen LogP) is -0.185. The molecule has 0 bridgehead atoms. The number of amides is 5. The molecule has 5 amide bonds. The Morgan fingerprint density at radius 1 is 1.20 bits per heavy atom. The van der Waals surface area contributed by atoms with Crippen molar-refractivity contribution in [3.8, 4) is 0 Å². The van der Waals surface area contributed by atoms with Crippen LogP contribution in [0.3, 0.4) is 0 Å². The maximum Gasteiger partial charge on any atom is 0.348 e. The maximum atomic E-state index is 12.5. The van der Waals surface area contributed by atoms with Crippen molar-refractivity contribution < 1.29 is 42.0 Å². The van der Waals surface area contributed by atoms with Crippen LogP contribution in [0.15, 0.2) is 0 Å². The Hall–Kier alpha value is -2.39. The zero-order valence-electron chi connectivity index (χ0n) is 19.2. The van der Waals surface area contributed by atoms with Crippen LogP contribution in [0.4, 0.5) is 4.79 Å². The van der Waals surface area contributed by atoms with Gasteiger partial charge in [0.2, 0.25) is 17.7 Å². The van der Waals surface area contributed by atoms with Crippen LogP contribution in [0.2, 0.25) is 0 Å². The Kier molecular flexibility index (Phi) is 8.32. The number of nitrogens with one attached hydrogen (secondary N) is 3. The highest BCUT2D eigenvalue weighted by Gasteiger charge is 2.62. The molecule has 0 aromatic heterocycles. The summed E-state index contributed by atoms with van der Waals surface area (Å²) in [6.07, 6.45) is 0.602. The summed E-state index contributed by atoms with van der Waals surface area (Å²) in [6.45, 7) is 1.58. The van der Waals surface area contributed by atoms with Gasteiger partial charge in [0.25, 0.3) is 4.87 Å². The monoisotopic (exact) mass is 534 g/mol. The Labute approximate surface area is 206 Å². The summed E-state index contributed by atoms with van der Waals surface area (Å²) in [5, 5.41) is 18.3. The molecule has 0 saturated carbocycles. The number of carbonyl (C=O) groups excluding carboxylic acids is 4. The molecule has 0 aromatic rings. The lowest BCUT2D eigenvalue weighted by atomic mass is 10.0. The second-order valence-corrected chi connectivity index (χ2v) is 11.8. The van der Waals surface area contributed by atoms with Crippen molar-refractivity contribution in [2.75, 3.05) is 5.75 Å².